The summed E-state index contributed by atoms with van der Waals surface area (Å²) in [7, 11) is 0. The van der Waals surface area contributed by atoms with E-state index >= 15 is 0 Å². The number of carbonyl (C=O) groups is 1. The van der Waals surface area contributed by atoms with Gasteiger partial charge >= 0.3 is 6.03 Å². The number of rotatable bonds is 7. The van der Waals surface area contributed by atoms with Gasteiger partial charge in [0.2, 0.25) is 0 Å². The van der Waals surface area contributed by atoms with E-state index in [1.807, 2.05) is 0 Å². The molecule has 2 aliphatic rings. The number of benzene rings is 2. The molecule has 0 atom stereocenters. The first-order chi connectivity index (χ1) is 16.4. The van der Waals surface area contributed by atoms with Gasteiger partial charge in [-0.15, -0.1) is 0 Å². The Morgan fingerprint density at radius 2 is 1.71 bits per heavy atom. The van der Waals surface area contributed by atoms with Crippen LogP contribution in [0.15, 0.2) is 42.5 Å². The second-order valence-corrected chi connectivity index (χ2v) is 10.2. The largest absolute Gasteiger partial charge is 0.489 e. The van der Waals surface area contributed by atoms with Crippen molar-refractivity contribution in [3.05, 3.63) is 58.3 Å². The van der Waals surface area contributed by atoms with E-state index in [9.17, 15) is 9.18 Å². The number of anilines is 1. The summed E-state index contributed by atoms with van der Waals surface area (Å²) in [6.07, 6.45) is 7.56. The Morgan fingerprint density at radius 3 is 2.38 bits per heavy atom. The van der Waals surface area contributed by atoms with Crippen molar-refractivity contribution in [3.63, 3.8) is 0 Å². The highest BCUT2D eigenvalue weighted by atomic mass is 35.5. The summed E-state index contributed by atoms with van der Waals surface area (Å²) in [6, 6.07) is 11.5. The van der Waals surface area contributed by atoms with Crippen LogP contribution in [0.25, 0.3) is 0 Å². The Balaban J connectivity index is 1.10. The summed E-state index contributed by atoms with van der Waals surface area (Å²) in [5, 5.41) is 6.95. The van der Waals surface area contributed by atoms with Gasteiger partial charge in [-0.25, -0.2) is 9.18 Å². The van der Waals surface area contributed by atoms with Gasteiger partial charge in [-0.05, 0) is 99.9 Å². The number of carbonyl (C=O) groups excluding carboxylic acids is 1. The minimum absolute atomic E-state index is 0.125. The summed E-state index contributed by atoms with van der Waals surface area (Å²) in [6.45, 7) is 3.11. The van der Waals surface area contributed by atoms with Crippen LogP contribution in [0.1, 0.15) is 44.9 Å². The normalized spacial score (nSPS) is 21.7. The Labute approximate surface area is 210 Å². The quantitative estimate of drug-likeness (QED) is 0.435. The van der Waals surface area contributed by atoms with Crippen LogP contribution in [0.4, 0.5) is 14.9 Å². The molecule has 0 aromatic heterocycles. The summed E-state index contributed by atoms with van der Waals surface area (Å²) in [4.78, 5) is 14.8. The van der Waals surface area contributed by atoms with Crippen molar-refractivity contribution in [1.29, 1.82) is 0 Å². The van der Waals surface area contributed by atoms with Crippen molar-refractivity contribution in [2.75, 3.05) is 25.0 Å². The number of ether oxygens (including phenoxy) is 1. The Bertz CT molecular complexity index is 944. The molecule has 34 heavy (non-hydrogen) atoms. The first kappa shape index (κ1) is 25.1. The average molecular weight is 508 g/mol. The lowest BCUT2D eigenvalue weighted by atomic mass is 9.84. The molecule has 1 aliphatic carbocycles. The van der Waals surface area contributed by atoms with Crippen LogP contribution in [-0.4, -0.2) is 42.7 Å². The Morgan fingerprint density at radius 1 is 1.00 bits per heavy atom. The van der Waals surface area contributed by atoms with Crippen LogP contribution in [-0.2, 0) is 0 Å². The second kappa shape index (κ2) is 12.1. The van der Waals surface area contributed by atoms with Crippen LogP contribution < -0.4 is 15.4 Å². The van der Waals surface area contributed by atoms with Crippen LogP contribution in [0.3, 0.4) is 0 Å². The van der Waals surface area contributed by atoms with Gasteiger partial charge in [0.05, 0.1) is 5.02 Å². The summed E-state index contributed by atoms with van der Waals surface area (Å²) >= 11 is 12.0. The fourth-order valence-corrected chi connectivity index (χ4v) is 5.19. The Kier molecular flexibility index (Phi) is 8.92. The van der Waals surface area contributed by atoms with Gasteiger partial charge in [-0.1, -0.05) is 23.2 Å². The lowest BCUT2D eigenvalue weighted by molar-refractivity contribution is 0.0950. The third-order valence-corrected chi connectivity index (χ3v) is 7.41. The highest BCUT2D eigenvalue weighted by molar-refractivity contribution is 6.32. The molecule has 2 fully saturated rings. The molecular weight excluding hydrogens is 476 g/mol. The number of hydrogen-bond acceptors (Lipinski definition) is 3. The third kappa shape index (κ3) is 7.49. The predicted molar refractivity (Wildman–Crippen MR) is 135 cm³/mol. The smallest absolute Gasteiger partial charge is 0.319 e. The van der Waals surface area contributed by atoms with Crippen LogP contribution in [0.5, 0.6) is 5.75 Å². The van der Waals surface area contributed by atoms with Crippen molar-refractivity contribution >= 4 is 34.9 Å². The maximum atomic E-state index is 13.2. The first-order valence-corrected chi connectivity index (χ1v) is 12.9. The van der Waals surface area contributed by atoms with Gasteiger partial charge < -0.3 is 20.3 Å². The molecule has 2 aromatic rings. The molecule has 8 heteroatoms. The molecule has 1 heterocycles. The molecule has 2 amide bonds. The third-order valence-electron chi connectivity index (χ3n) is 6.86. The topological polar surface area (TPSA) is 53.6 Å². The zero-order valence-corrected chi connectivity index (χ0v) is 20.8. The van der Waals surface area contributed by atoms with E-state index in [1.165, 1.54) is 18.6 Å². The lowest BCUT2D eigenvalue weighted by Crippen LogP contribution is -2.41. The molecular formula is C26H32Cl2FN3O2. The summed E-state index contributed by atoms with van der Waals surface area (Å²) in [5.41, 5.74) is 0.741. The van der Waals surface area contributed by atoms with Gasteiger partial charge in [0.1, 0.15) is 17.7 Å². The number of likely N-dealkylation sites (tertiary alicyclic amines) is 1. The van der Waals surface area contributed by atoms with Gasteiger partial charge in [-0.2, -0.15) is 0 Å². The number of nitrogens with one attached hydrogen (secondary N) is 2. The monoisotopic (exact) mass is 507 g/mol. The molecule has 0 spiro atoms. The highest BCUT2D eigenvalue weighted by Gasteiger charge is 2.25. The van der Waals surface area contributed by atoms with Crippen molar-refractivity contribution in [1.82, 2.24) is 10.2 Å². The summed E-state index contributed by atoms with van der Waals surface area (Å²) < 4.78 is 19.2. The fourth-order valence-electron chi connectivity index (χ4n) is 4.85. The van der Waals surface area contributed by atoms with Crippen LogP contribution >= 0.6 is 23.2 Å². The molecule has 4 rings (SSSR count). The van der Waals surface area contributed by atoms with Gasteiger partial charge in [0.15, 0.2) is 0 Å². The van der Waals surface area contributed by atoms with Crippen LogP contribution in [0, 0.1) is 11.7 Å². The van der Waals surface area contributed by atoms with Gasteiger partial charge in [-0.3, -0.25) is 0 Å². The van der Waals surface area contributed by atoms with Gasteiger partial charge in [0.25, 0.3) is 0 Å². The fraction of sp³-hybridized carbons (Fsp3) is 0.500. The molecule has 2 aromatic carbocycles. The number of urea groups is 1. The zero-order chi connectivity index (χ0) is 23.9. The molecule has 1 aliphatic heterocycles. The number of piperidine rings is 1. The van der Waals surface area contributed by atoms with Crippen molar-refractivity contribution in [2.45, 2.75) is 57.1 Å². The van der Waals surface area contributed by atoms with E-state index in [4.69, 9.17) is 27.9 Å². The SMILES string of the molecule is O=C(Nc1ccc(Cl)cc1)N[C@H]1CC[C@H](CCN2CCC(Oc3ccc(F)cc3Cl)CC2)CC1. The minimum Gasteiger partial charge on any atom is -0.489 e. The maximum Gasteiger partial charge on any atom is 0.319 e. The molecule has 0 unspecified atom stereocenters. The lowest BCUT2D eigenvalue weighted by Gasteiger charge is -2.34. The second-order valence-electron chi connectivity index (χ2n) is 9.35. The number of nitrogens with zero attached hydrogens (tertiary/aromatic N) is 1. The van der Waals surface area contributed by atoms with Crippen molar-refractivity contribution in [3.8, 4) is 5.75 Å². The van der Waals surface area contributed by atoms with Gasteiger partial charge in [0, 0.05) is 29.8 Å². The molecule has 1 saturated carbocycles. The minimum atomic E-state index is -0.349. The Hall–Kier alpha value is -2.02. The highest BCUT2D eigenvalue weighted by Crippen LogP contribution is 2.30. The number of amides is 2. The molecule has 184 valence electrons. The van der Waals surface area contributed by atoms with E-state index in [1.54, 1.807) is 30.3 Å². The van der Waals surface area contributed by atoms with E-state index in [-0.39, 0.29) is 24.0 Å². The predicted octanol–water partition coefficient (Wildman–Crippen LogP) is 6.75. The van der Waals surface area contributed by atoms with Crippen molar-refractivity contribution < 1.29 is 13.9 Å². The zero-order valence-electron chi connectivity index (χ0n) is 19.2. The maximum absolute atomic E-state index is 13.2. The average Bonchev–Trinajstić information content (AvgIpc) is 2.83. The molecule has 1 saturated heterocycles. The molecule has 2 N–H and O–H groups in total. The molecule has 5 nitrogen and oxygen atoms in total. The molecule has 0 bridgehead atoms. The van der Waals surface area contributed by atoms with Crippen LogP contribution in [0.2, 0.25) is 10.0 Å². The van der Waals surface area contributed by atoms with E-state index in [0.29, 0.717) is 21.7 Å². The number of hydrogen-bond donors (Lipinski definition) is 2. The first-order valence-electron chi connectivity index (χ1n) is 12.1. The number of halogens is 3. The van der Waals surface area contributed by atoms with Crippen molar-refractivity contribution in [2.24, 2.45) is 5.92 Å². The summed E-state index contributed by atoms with van der Waals surface area (Å²) in [5.74, 6) is 0.927. The van der Waals surface area contributed by atoms with E-state index < -0.39 is 0 Å². The standard InChI is InChI=1S/C26H32Cl2FN3O2/c27-19-3-8-22(9-4-19)31-26(33)30-21-6-1-18(2-7-21)11-14-32-15-12-23(13-16-32)34-25-10-5-20(29)17-24(25)28/h3-5,8-10,17-18,21,23H,1-2,6-7,11-16H2,(H2,30,31,33)/t18-,21-. The van der Waals surface area contributed by atoms with E-state index in [2.05, 4.69) is 15.5 Å². The van der Waals surface area contributed by atoms with E-state index in [0.717, 1.165) is 63.8 Å². The molecule has 0 radical (unpaired) electrons.